The number of piperazine rings is 1. The maximum absolute atomic E-state index is 5.27. The highest BCUT2D eigenvalue weighted by molar-refractivity contribution is 5.63. The molecule has 0 spiro atoms. The highest BCUT2D eigenvalue weighted by atomic mass is 16.5. The van der Waals surface area contributed by atoms with Crippen LogP contribution in [0.25, 0.3) is 16.9 Å². The Morgan fingerprint density at radius 2 is 1.45 bits per heavy atom. The molecule has 5 rings (SSSR count). The number of ether oxygens (including phenoxy) is 1. The fraction of sp³-hybridized carbons (Fsp3) is 0.269. The molecule has 0 amide bonds. The lowest BCUT2D eigenvalue weighted by Crippen LogP contribution is -2.47. The van der Waals surface area contributed by atoms with Crippen molar-refractivity contribution in [2.45, 2.75) is 13.8 Å². The van der Waals surface area contributed by atoms with Crippen LogP contribution in [0.4, 0.5) is 11.6 Å². The molecule has 1 saturated heterocycles. The lowest BCUT2D eigenvalue weighted by atomic mass is 10.2. The minimum Gasteiger partial charge on any atom is -0.497 e. The molecule has 1 aliphatic heterocycles. The minimum absolute atomic E-state index is 0.768. The predicted octanol–water partition coefficient (Wildman–Crippen LogP) is 4.28. The third kappa shape index (κ3) is 4.39. The molecule has 2 aromatic carbocycles. The average molecular weight is 441 g/mol. The number of hydrogen-bond acceptors (Lipinski definition) is 6. The average Bonchev–Trinajstić information content (AvgIpc) is 3.26. The topological polar surface area (TPSA) is 59.3 Å². The van der Waals surface area contributed by atoms with Crippen LogP contribution in [0.15, 0.2) is 67.0 Å². The van der Waals surface area contributed by atoms with Crippen molar-refractivity contribution in [3.63, 3.8) is 0 Å². The highest BCUT2D eigenvalue weighted by Gasteiger charge is 2.20. The van der Waals surface area contributed by atoms with Crippen molar-refractivity contribution in [3.05, 3.63) is 78.2 Å². The SMILES string of the molecule is COc1ccc(N2CCN(c3nccc(-c4cn(-c5ccc(C)cc5)nc4C)n3)CC2)cc1. The molecule has 168 valence electrons. The number of nitrogens with zero attached hydrogens (tertiary/aromatic N) is 6. The van der Waals surface area contributed by atoms with Crippen molar-refractivity contribution >= 4 is 11.6 Å². The van der Waals surface area contributed by atoms with Gasteiger partial charge in [0.15, 0.2) is 0 Å². The van der Waals surface area contributed by atoms with Gasteiger partial charge in [-0.1, -0.05) is 17.7 Å². The van der Waals surface area contributed by atoms with Gasteiger partial charge in [0.2, 0.25) is 5.95 Å². The van der Waals surface area contributed by atoms with Gasteiger partial charge in [0.1, 0.15) is 5.75 Å². The van der Waals surface area contributed by atoms with E-state index in [9.17, 15) is 0 Å². The highest BCUT2D eigenvalue weighted by Crippen LogP contribution is 2.25. The summed E-state index contributed by atoms with van der Waals surface area (Å²) in [7, 11) is 1.69. The summed E-state index contributed by atoms with van der Waals surface area (Å²) in [5.41, 5.74) is 6.35. The maximum Gasteiger partial charge on any atom is 0.225 e. The van der Waals surface area contributed by atoms with E-state index in [1.165, 1.54) is 11.3 Å². The number of benzene rings is 2. The van der Waals surface area contributed by atoms with Crippen LogP contribution >= 0.6 is 0 Å². The Morgan fingerprint density at radius 1 is 0.788 bits per heavy atom. The first kappa shape index (κ1) is 21.0. The van der Waals surface area contributed by atoms with Crippen molar-refractivity contribution in [2.75, 3.05) is 43.1 Å². The van der Waals surface area contributed by atoms with E-state index in [1.807, 2.05) is 42.2 Å². The van der Waals surface area contributed by atoms with E-state index in [2.05, 4.69) is 58.1 Å². The third-order valence-corrected chi connectivity index (χ3v) is 6.12. The normalized spacial score (nSPS) is 13.9. The van der Waals surface area contributed by atoms with E-state index >= 15 is 0 Å². The minimum atomic E-state index is 0.768. The van der Waals surface area contributed by atoms with Gasteiger partial charge in [-0.05, 0) is 56.3 Å². The summed E-state index contributed by atoms with van der Waals surface area (Å²) in [6.07, 6.45) is 3.89. The maximum atomic E-state index is 5.27. The summed E-state index contributed by atoms with van der Waals surface area (Å²) in [4.78, 5) is 14.1. The van der Waals surface area contributed by atoms with Gasteiger partial charge >= 0.3 is 0 Å². The van der Waals surface area contributed by atoms with Crippen molar-refractivity contribution < 1.29 is 4.74 Å². The summed E-state index contributed by atoms with van der Waals surface area (Å²) in [5.74, 6) is 1.65. The molecule has 7 heteroatoms. The van der Waals surface area contributed by atoms with Crippen LogP contribution in [0.3, 0.4) is 0 Å². The Kier molecular flexibility index (Phi) is 5.69. The Hall–Kier alpha value is -3.87. The van der Waals surface area contributed by atoms with Crippen molar-refractivity contribution in [2.24, 2.45) is 0 Å². The molecule has 3 heterocycles. The summed E-state index contributed by atoms with van der Waals surface area (Å²) in [6.45, 7) is 7.70. The molecule has 0 aliphatic carbocycles. The molecule has 0 atom stereocenters. The first-order valence-electron chi connectivity index (χ1n) is 11.2. The van der Waals surface area contributed by atoms with Gasteiger partial charge < -0.3 is 14.5 Å². The number of methoxy groups -OCH3 is 1. The molecule has 0 radical (unpaired) electrons. The molecule has 7 nitrogen and oxygen atoms in total. The summed E-state index contributed by atoms with van der Waals surface area (Å²) >= 11 is 0. The molecule has 0 unspecified atom stereocenters. The molecule has 0 N–H and O–H groups in total. The zero-order valence-corrected chi connectivity index (χ0v) is 19.3. The fourth-order valence-electron chi connectivity index (χ4n) is 4.15. The van der Waals surface area contributed by atoms with Gasteiger partial charge in [-0.3, -0.25) is 0 Å². The molecule has 2 aromatic heterocycles. The van der Waals surface area contributed by atoms with Gasteiger partial charge in [-0.2, -0.15) is 5.10 Å². The largest absolute Gasteiger partial charge is 0.497 e. The second-order valence-electron chi connectivity index (χ2n) is 8.32. The number of aromatic nitrogens is 4. The monoisotopic (exact) mass is 440 g/mol. The van der Waals surface area contributed by atoms with Crippen molar-refractivity contribution in [1.82, 2.24) is 19.7 Å². The zero-order valence-electron chi connectivity index (χ0n) is 19.3. The van der Waals surface area contributed by atoms with Crippen LogP contribution in [-0.2, 0) is 0 Å². The van der Waals surface area contributed by atoms with Gasteiger partial charge in [0, 0.05) is 49.8 Å². The quantitative estimate of drug-likeness (QED) is 0.462. The lowest BCUT2D eigenvalue weighted by molar-refractivity contribution is 0.415. The molecule has 1 fully saturated rings. The smallest absolute Gasteiger partial charge is 0.225 e. The molecule has 33 heavy (non-hydrogen) atoms. The molecule has 4 aromatic rings. The summed E-state index contributed by atoms with van der Waals surface area (Å²) < 4.78 is 7.19. The van der Waals surface area contributed by atoms with Gasteiger partial charge in [-0.15, -0.1) is 0 Å². The van der Waals surface area contributed by atoms with Gasteiger partial charge in [-0.25, -0.2) is 14.6 Å². The Balaban J connectivity index is 1.31. The van der Waals surface area contributed by atoms with Crippen LogP contribution in [-0.4, -0.2) is 53.0 Å². The molecule has 1 aliphatic rings. The summed E-state index contributed by atoms with van der Waals surface area (Å²) in [5, 5.41) is 4.71. The number of aryl methyl sites for hydroxylation is 2. The first-order valence-corrected chi connectivity index (χ1v) is 11.2. The van der Waals surface area contributed by atoms with Gasteiger partial charge in [0.25, 0.3) is 0 Å². The third-order valence-electron chi connectivity index (χ3n) is 6.12. The first-order chi connectivity index (χ1) is 16.1. The molecular formula is C26H28N6O. The fourth-order valence-corrected chi connectivity index (χ4v) is 4.15. The Labute approximate surface area is 194 Å². The van der Waals surface area contributed by atoms with E-state index in [4.69, 9.17) is 14.8 Å². The number of rotatable bonds is 5. The number of hydrogen-bond donors (Lipinski definition) is 0. The second kappa shape index (κ2) is 8.94. The van der Waals surface area contributed by atoms with Crippen molar-refractivity contribution in [3.8, 4) is 22.7 Å². The van der Waals surface area contributed by atoms with Gasteiger partial charge in [0.05, 0.1) is 24.2 Å². The lowest BCUT2D eigenvalue weighted by Gasteiger charge is -2.36. The predicted molar refractivity (Wildman–Crippen MR) is 131 cm³/mol. The van der Waals surface area contributed by atoms with E-state index in [0.29, 0.717) is 0 Å². The molecule has 0 bridgehead atoms. The Bertz CT molecular complexity index is 1220. The van der Waals surface area contributed by atoms with Crippen LogP contribution in [0.1, 0.15) is 11.3 Å². The zero-order chi connectivity index (χ0) is 22.8. The van der Waals surface area contributed by atoms with Crippen LogP contribution in [0.5, 0.6) is 5.75 Å². The van der Waals surface area contributed by atoms with E-state index in [1.54, 1.807) is 7.11 Å². The number of anilines is 2. The van der Waals surface area contributed by atoms with Crippen LogP contribution in [0, 0.1) is 13.8 Å². The van der Waals surface area contributed by atoms with Crippen LogP contribution < -0.4 is 14.5 Å². The van der Waals surface area contributed by atoms with E-state index in [-0.39, 0.29) is 0 Å². The second-order valence-corrected chi connectivity index (χ2v) is 8.32. The standard InChI is InChI=1S/C26H28N6O/c1-19-4-6-22(7-5-19)32-18-24(20(2)29-32)25-12-13-27-26(28-25)31-16-14-30(15-17-31)21-8-10-23(33-3)11-9-21/h4-13,18H,14-17H2,1-3H3. The Morgan fingerprint density at radius 3 is 2.15 bits per heavy atom. The van der Waals surface area contributed by atoms with E-state index < -0.39 is 0 Å². The van der Waals surface area contributed by atoms with Crippen LogP contribution in [0.2, 0.25) is 0 Å². The molecular weight excluding hydrogens is 412 g/mol. The summed E-state index contributed by atoms with van der Waals surface area (Å²) in [6, 6.07) is 18.6. The molecule has 0 saturated carbocycles. The van der Waals surface area contributed by atoms with Crippen molar-refractivity contribution in [1.29, 1.82) is 0 Å². The van der Waals surface area contributed by atoms with E-state index in [0.717, 1.165) is 60.5 Å².